The molecule has 0 fully saturated rings. The fourth-order valence-electron chi connectivity index (χ4n) is 0.685. The number of aryl methyl sites for hydroxylation is 1. The van der Waals surface area contributed by atoms with Crippen LogP contribution in [0.3, 0.4) is 0 Å². The van der Waals surface area contributed by atoms with Gasteiger partial charge in [0.2, 0.25) is 0 Å². The number of ether oxygens (including phenoxy) is 1. The SMILES string of the molecule is CC.CC.COc1cccnc1C. The average molecular weight is 183 g/mol. The van der Waals surface area contributed by atoms with Crippen molar-refractivity contribution >= 4 is 0 Å². The highest BCUT2D eigenvalue weighted by Crippen LogP contribution is 2.11. The molecule has 2 heteroatoms. The van der Waals surface area contributed by atoms with Crippen LogP contribution < -0.4 is 4.74 Å². The molecule has 2 nitrogen and oxygen atoms in total. The van der Waals surface area contributed by atoms with Crippen molar-refractivity contribution in [3.05, 3.63) is 24.0 Å². The summed E-state index contributed by atoms with van der Waals surface area (Å²) in [4.78, 5) is 4.02. The van der Waals surface area contributed by atoms with E-state index in [0.29, 0.717) is 0 Å². The van der Waals surface area contributed by atoms with Gasteiger partial charge in [0.05, 0.1) is 12.8 Å². The monoisotopic (exact) mass is 183 g/mol. The van der Waals surface area contributed by atoms with Gasteiger partial charge in [0.1, 0.15) is 5.75 Å². The predicted octanol–water partition coefficient (Wildman–Crippen LogP) is 3.45. The molecule has 0 aliphatic carbocycles. The van der Waals surface area contributed by atoms with E-state index in [1.807, 2.05) is 46.8 Å². The second kappa shape index (κ2) is 11.0. The first-order valence-electron chi connectivity index (χ1n) is 4.80. The summed E-state index contributed by atoms with van der Waals surface area (Å²) in [6.45, 7) is 9.92. The Morgan fingerprint density at radius 1 is 1.15 bits per heavy atom. The minimum absolute atomic E-state index is 0.845. The van der Waals surface area contributed by atoms with Crippen LogP contribution in [0.15, 0.2) is 18.3 Å². The lowest BCUT2D eigenvalue weighted by Gasteiger charge is -1.99. The Bertz CT molecular complexity index is 199. The van der Waals surface area contributed by atoms with Crippen LogP contribution in [0.4, 0.5) is 0 Å². The largest absolute Gasteiger partial charge is 0.495 e. The van der Waals surface area contributed by atoms with Crippen molar-refractivity contribution in [2.75, 3.05) is 7.11 Å². The molecule has 0 bridgehead atoms. The molecule has 1 heterocycles. The summed E-state index contributed by atoms with van der Waals surface area (Å²) in [5.74, 6) is 0.845. The van der Waals surface area contributed by atoms with Crippen molar-refractivity contribution in [1.29, 1.82) is 0 Å². The molecule has 0 unspecified atom stereocenters. The van der Waals surface area contributed by atoms with Gasteiger partial charge in [0.25, 0.3) is 0 Å². The summed E-state index contributed by atoms with van der Waals surface area (Å²) in [6, 6.07) is 3.74. The highest BCUT2D eigenvalue weighted by molar-refractivity contribution is 5.24. The Kier molecular flexibility index (Phi) is 12.2. The maximum atomic E-state index is 4.98. The third-order valence-electron chi connectivity index (χ3n) is 1.18. The fraction of sp³-hybridized carbons (Fsp3) is 0.545. The molecule has 1 aromatic heterocycles. The molecule has 0 atom stereocenters. The Morgan fingerprint density at radius 2 is 1.69 bits per heavy atom. The summed E-state index contributed by atoms with van der Waals surface area (Å²) >= 11 is 0. The van der Waals surface area contributed by atoms with Gasteiger partial charge in [-0.3, -0.25) is 4.98 Å². The van der Waals surface area contributed by atoms with Crippen molar-refractivity contribution in [2.45, 2.75) is 34.6 Å². The van der Waals surface area contributed by atoms with Crippen LogP contribution in [-0.4, -0.2) is 12.1 Å². The second-order valence-electron chi connectivity index (χ2n) is 1.79. The lowest BCUT2D eigenvalue weighted by atomic mass is 10.3. The zero-order valence-electron chi connectivity index (χ0n) is 9.59. The van der Waals surface area contributed by atoms with Crippen LogP contribution in [0.2, 0.25) is 0 Å². The molecule has 0 amide bonds. The number of aromatic nitrogens is 1. The molecule has 76 valence electrons. The maximum absolute atomic E-state index is 4.98. The van der Waals surface area contributed by atoms with E-state index in [-0.39, 0.29) is 0 Å². The molecule has 0 radical (unpaired) electrons. The average Bonchev–Trinajstić information content (AvgIpc) is 2.24. The van der Waals surface area contributed by atoms with E-state index in [9.17, 15) is 0 Å². The van der Waals surface area contributed by atoms with E-state index in [1.54, 1.807) is 13.3 Å². The van der Waals surface area contributed by atoms with Crippen LogP contribution in [0, 0.1) is 6.92 Å². The van der Waals surface area contributed by atoms with E-state index in [0.717, 1.165) is 11.4 Å². The lowest BCUT2D eigenvalue weighted by Crippen LogP contribution is -1.87. The van der Waals surface area contributed by atoms with Gasteiger partial charge in [-0.25, -0.2) is 0 Å². The number of pyridine rings is 1. The van der Waals surface area contributed by atoms with E-state index >= 15 is 0 Å². The van der Waals surface area contributed by atoms with E-state index < -0.39 is 0 Å². The quantitative estimate of drug-likeness (QED) is 0.665. The molecular weight excluding hydrogens is 162 g/mol. The number of rotatable bonds is 1. The molecule has 0 N–H and O–H groups in total. The van der Waals surface area contributed by atoms with Crippen molar-refractivity contribution in [2.24, 2.45) is 0 Å². The molecule has 13 heavy (non-hydrogen) atoms. The van der Waals surface area contributed by atoms with Gasteiger partial charge in [-0.05, 0) is 19.1 Å². The van der Waals surface area contributed by atoms with Gasteiger partial charge in [-0.1, -0.05) is 27.7 Å². The Labute approximate surface area is 82.0 Å². The van der Waals surface area contributed by atoms with E-state index in [4.69, 9.17) is 4.74 Å². The van der Waals surface area contributed by atoms with E-state index in [2.05, 4.69) is 4.98 Å². The van der Waals surface area contributed by atoms with Crippen LogP contribution >= 0.6 is 0 Å². The van der Waals surface area contributed by atoms with Gasteiger partial charge < -0.3 is 4.74 Å². The first kappa shape index (κ1) is 14.5. The predicted molar refractivity (Wildman–Crippen MR) is 58.2 cm³/mol. The molecule has 0 aliphatic heterocycles. The molecule has 0 aliphatic rings. The summed E-state index contributed by atoms with van der Waals surface area (Å²) in [5.41, 5.74) is 0.931. The highest BCUT2D eigenvalue weighted by atomic mass is 16.5. The number of nitrogens with zero attached hydrogens (tertiary/aromatic N) is 1. The minimum Gasteiger partial charge on any atom is -0.495 e. The summed E-state index contributed by atoms with van der Waals surface area (Å²) < 4.78 is 4.98. The smallest absolute Gasteiger partial charge is 0.140 e. The number of hydrogen-bond donors (Lipinski definition) is 0. The first-order chi connectivity index (χ1) is 6.34. The molecule has 0 spiro atoms. The molecule has 1 rings (SSSR count). The maximum Gasteiger partial charge on any atom is 0.140 e. The topological polar surface area (TPSA) is 22.1 Å². The van der Waals surface area contributed by atoms with Crippen LogP contribution in [0.1, 0.15) is 33.4 Å². The fourth-order valence-corrected chi connectivity index (χ4v) is 0.685. The van der Waals surface area contributed by atoms with Gasteiger partial charge in [-0.2, -0.15) is 0 Å². The van der Waals surface area contributed by atoms with Crippen LogP contribution in [0.5, 0.6) is 5.75 Å². The van der Waals surface area contributed by atoms with Crippen LogP contribution in [-0.2, 0) is 0 Å². The Morgan fingerprint density at radius 3 is 2.00 bits per heavy atom. The van der Waals surface area contributed by atoms with Gasteiger partial charge in [-0.15, -0.1) is 0 Å². The first-order valence-corrected chi connectivity index (χ1v) is 4.80. The summed E-state index contributed by atoms with van der Waals surface area (Å²) in [7, 11) is 1.64. The van der Waals surface area contributed by atoms with E-state index in [1.165, 1.54) is 0 Å². The minimum atomic E-state index is 0.845. The summed E-state index contributed by atoms with van der Waals surface area (Å²) in [6.07, 6.45) is 1.75. The molecule has 1 aromatic rings. The van der Waals surface area contributed by atoms with Crippen molar-refractivity contribution in [1.82, 2.24) is 4.98 Å². The molecule has 0 aromatic carbocycles. The molecule has 0 saturated carbocycles. The molecular formula is C11H21NO. The summed E-state index contributed by atoms with van der Waals surface area (Å²) in [5, 5.41) is 0. The zero-order chi connectivity index (χ0) is 10.7. The Balaban J connectivity index is 0. The Hall–Kier alpha value is -1.05. The standard InChI is InChI=1S/C7H9NO.2C2H6/c1-6-7(9-2)4-3-5-8-6;2*1-2/h3-5H,1-2H3;2*1-2H3. The van der Waals surface area contributed by atoms with Crippen molar-refractivity contribution in [3.8, 4) is 5.75 Å². The van der Waals surface area contributed by atoms with Crippen molar-refractivity contribution in [3.63, 3.8) is 0 Å². The second-order valence-corrected chi connectivity index (χ2v) is 1.79. The lowest BCUT2D eigenvalue weighted by molar-refractivity contribution is 0.409. The third kappa shape index (κ3) is 6.14. The number of methoxy groups -OCH3 is 1. The van der Waals surface area contributed by atoms with Gasteiger partial charge >= 0.3 is 0 Å². The number of hydrogen-bond acceptors (Lipinski definition) is 2. The van der Waals surface area contributed by atoms with Gasteiger partial charge in [0.15, 0.2) is 0 Å². The zero-order valence-corrected chi connectivity index (χ0v) is 9.59. The third-order valence-corrected chi connectivity index (χ3v) is 1.18. The van der Waals surface area contributed by atoms with Gasteiger partial charge in [0, 0.05) is 6.20 Å². The highest BCUT2D eigenvalue weighted by Gasteiger charge is 1.92. The normalized spacial score (nSPS) is 7.23. The molecule has 0 saturated heterocycles. The van der Waals surface area contributed by atoms with Crippen LogP contribution in [0.25, 0.3) is 0 Å². The van der Waals surface area contributed by atoms with Crippen molar-refractivity contribution < 1.29 is 4.74 Å².